The second-order valence-electron chi connectivity index (χ2n) is 6.79. The van der Waals surface area contributed by atoms with E-state index in [1.165, 1.54) is 22.2 Å². The maximum atomic E-state index is 13.6. The fourth-order valence-electron chi connectivity index (χ4n) is 3.72. The summed E-state index contributed by atoms with van der Waals surface area (Å²) in [6.07, 6.45) is 4.15. The van der Waals surface area contributed by atoms with Gasteiger partial charge < -0.3 is 0 Å². The highest BCUT2D eigenvalue weighted by molar-refractivity contribution is 7.11. The molecule has 0 spiro atoms. The Morgan fingerprint density at radius 2 is 2.24 bits per heavy atom. The van der Waals surface area contributed by atoms with Gasteiger partial charge in [-0.25, -0.2) is 4.39 Å². The van der Waals surface area contributed by atoms with Gasteiger partial charge in [-0.1, -0.05) is 12.1 Å². The van der Waals surface area contributed by atoms with Crippen LogP contribution in [0.5, 0.6) is 0 Å². The van der Waals surface area contributed by atoms with Gasteiger partial charge in [-0.2, -0.15) is 5.10 Å². The van der Waals surface area contributed by atoms with E-state index >= 15 is 0 Å². The van der Waals surface area contributed by atoms with Crippen molar-refractivity contribution in [2.24, 2.45) is 0 Å². The molecule has 4 rings (SSSR count). The average molecular weight is 355 g/mol. The third kappa shape index (κ3) is 3.67. The molecule has 1 saturated heterocycles. The number of rotatable bonds is 4. The Morgan fingerprint density at radius 3 is 3.04 bits per heavy atom. The minimum Gasteiger partial charge on any atom is -0.298 e. The lowest BCUT2D eigenvalue weighted by atomic mass is 9.90. The molecule has 3 aromatic rings. The minimum atomic E-state index is -0.206. The molecule has 5 heteroatoms. The van der Waals surface area contributed by atoms with Crippen molar-refractivity contribution in [2.45, 2.75) is 32.2 Å². The summed E-state index contributed by atoms with van der Waals surface area (Å²) >= 11 is 1.88. The first-order valence-electron chi connectivity index (χ1n) is 8.76. The summed E-state index contributed by atoms with van der Waals surface area (Å²) in [7, 11) is 0. The lowest BCUT2D eigenvalue weighted by Crippen LogP contribution is -2.34. The van der Waals surface area contributed by atoms with Crippen LogP contribution >= 0.6 is 11.3 Å². The van der Waals surface area contributed by atoms with Crippen molar-refractivity contribution in [3.63, 3.8) is 0 Å². The standard InChI is InChI=1S/C20H22FN3S/c1-14-7-8-18(25-14)13-24-9-3-5-16(12-24)20-19(11-22-23-20)15-4-2-6-17(21)10-15/h2,4,6-8,10-11,16H,3,5,9,12-13H2,1H3,(H,22,23). The van der Waals surface area contributed by atoms with Crippen LogP contribution in [-0.4, -0.2) is 28.2 Å². The number of benzene rings is 1. The predicted molar refractivity (Wildman–Crippen MR) is 100 cm³/mol. The Labute approximate surface area is 151 Å². The molecule has 130 valence electrons. The van der Waals surface area contributed by atoms with E-state index < -0.39 is 0 Å². The van der Waals surface area contributed by atoms with Crippen molar-refractivity contribution in [3.8, 4) is 11.1 Å². The van der Waals surface area contributed by atoms with Crippen LogP contribution in [0.1, 0.15) is 34.2 Å². The quantitative estimate of drug-likeness (QED) is 0.717. The number of thiophene rings is 1. The summed E-state index contributed by atoms with van der Waals surface area (Å²) < 4.78 is 13.6. The number of likely N-dealkylation sites (tertiary alicyclic amines) is 1. The van der Waals surface area contributed by atoms with Gasteiger partial charge in [0.25, 0.3) is 0 Å². The Hall–Kier alpha value is -1.98. The first kappa shape index (κ1) is 16.5. The molecule has 0 bridgehead atoms. The zero-order valence-corrected chi connectivity index (χ0v) is 15.2. The van der Waals surface area contributed by atoms with Gasteiger partial charge in [-0.15, -0.1) is 11.3 Å². The van der Waals surface area contributed by atoms with E-state index in [-0.39, 0.29) is 5.82 Å². The van der Waals surface area contributed by atoms with E-state index in [9.17, 15) is 4.39 Å². The van der Waals surface area contributed by atoms with Gasteiger partial charge in [-0.3, -0.25) is 10.00 Å². The molecule has 2 aromatic heterocycles. The Kier molecular flexibility index (Phi) is 4.68. The lowest BCUT2D eigenvalue weighted by Gasteiger charge is -2.32. The molecular weight excluding hydrogens is 333 g/mol. The molecule has 25 heavy (non-hydrogen) atoms. The second kappa shape index (κ2) is 7.10. The highest BCUT2D eigenvalue weighted by Gasteiger charge is 2.25. The van der Waals surface area contributed by atoms with Gasteiger partial charge in [0.05, 0.1) is 6.20 Å². The number of hydrogen-bond acceptors (Lipinski definition) is 3. The van der Waals surface area contributed by atoms with E-state index in [0.717, 1.165) is 42.9 Å². The molecule has 1 aromatic carbocycles. The van der Waals surface area contributed by atoms with E-state index in [1.807, 2.05) is 23.6 Å². The van der Waals surface area contributed by atoms with Crippen LogP contribution in [0.15, 0.2) is 42.6 Å². The van der Waals surface area contributed by atoms with Gasteiger partial charge in [0, 0.05) is 40.0 Å². The summed E-state index contributed by atoms with van der Waals surface area (Å²) in [6.45, 7) is 5.32. The number of nitrogens with zero attached hydrogens (tertiary/aromatic N) is 2. The molecule has 3 nitrogen and oxygen atoms in total. The number of halogens is 1. The number of piperidine rings is 1. The van der Waals surface area contributed by atoms with Crippen LogP contribution in [0.25, 0.3) is 11.1 Å². The number of aryl methyl sites for hydroxylation is 1. The molecule has 1 atom stereocenters. The van der Waals surface area contributed by atoms with E-state index in [0.29, 0.717) is 5.92 Å². The van der Waals surface area contributed by atoms with Crippen molar-refractivity contribution in [1.29, 1.82) is 0 Å². The third-order valence-corrected chi connectivity index (χ3v) is 5.88. The zero-order chi connectivity index (χ0) is 17.2. The highest BCUT2D eigenvalue weighted by Crippen LogP contribution is 2.34. The van der Waals surface area contributed by atoms with Gasteiger partial charge in [-0.05, 0) is 56.1 Å². The van der Waals surface area contributed by atoms with Crippen molar-refractivity contribution in [1.82, 2.24) is 15.1 Å². The predicted octanol–water partition coefficient (Wildman–Crippen LogP) is 4.97. The van der Waals surface area contributed by atoms with Crippen LogP contribution < -0.4 is 0 Å². The maximum absolute atomic E-state index is 13.6. The van der Waals surface area contributed by atoms with Crippen LogP contribution in [0.2, 0.25) is 0 Å². The minimum absolute atomic E-state index is 0.206. The van der Waals surface area contributed by atoms with Crippen molar-refractivity contribution < 1.29 is 4.39 Å². The van der Waals surface area contributed by atoms with Gasteiger partial charge in [0.2, 0.25) is 0 Å². The molecule has 0 radical (unpaired) electrons. The third-order valence-electron chi connectivity index (χ3n) is 4.89. The number of H-pyrrole nitrogens is 1. The zero-order valence-electron chi connectivity index (χ0n) is 14.3. The average Bonchev–Trinajstić information content (AvgIpc) is 3.24. The first-order valence-corrected chi connectivity index (χ1v) is 9.57. The maximum Gasteiger partial charge on any atom is 0.123 e. The molecule has 1 unspecified atom stereocenters. The molecule has 1 aliphatic rings. The molecule has 3 heterocycles. The van der Waals surface area contributed by atoms with E-state index in [1.54, 1.807) is 12.1 Å². The summed E-state index contributed by atoms with van der Waals surface area (Å²) in [5, 5.41) is 7.44. The molecule has 1 fully saturated rings. The normalized spacial score (nSPS) is 18.6. The Morgan fingerprint density at radius 1 is 1.32 bits per heavy atom. The molecule has 1 aliphatic heterocycles. The van der Waals surface area contributed by atoms with Crippen molar-refractivity contribution >= 4 is 11.3 Å². The topological polar surface area (TPSA) is 31.9 Å². The first-order chi connectivity index (χ1) is 12.2. The SMILES string of the molecule is Cc1ccc(CN2CCCC(c3[nH]ncc3-c3cccc(F)c3)C2)s1. The fraction of sp³-hybridized carbons (Fsp3) is 0.350. The summed E-state index contributed by atoms with van der Waals surface area (Å²) in [5.41, 5.74) is 3.06. The van der Waals surface area contributed by atoms with Gasteiger partial charge >= 0.3 is 0 Å². The fourth-order valence-corrected chi connectivity index (χ4v) is 4.65. The highest BCUT2D eigenvalue weighted by atomic mass is 32.1. The lowest BCUT2D eigenvalue weighted by molar-refractivity contribution is 0.200. The van der Waals surface area contributed by atoms with Crippen LogP contribution in [0.4, 0.5) is 4.39 Å². The Bertz CT molecular complexity index is 854. The number of aromatic amines is 1. The largest absolute Gasteiger partial charge is 0.298 e. The van der Waals surface area contributed by atoms with Gasteiger partial charge in [0.1, 0.15) is 5.82 Å². The molecular formula is C20H22FN3S. The van der Waals surface area contributed by atoms with Gasteiger partial charge in [0.15, 0.2) is 0 Å². The number of nitrogens with one attached hydrogen (secondary N) is 1. The monoisotopic (exact) mass is 355 g/mol. The van der Waals surface area contributed by atoms with Crippen LogP contribution in [0, 0.1) is 12.7 Å². The summed E-state index contributed by atoms with van der Waals surface area (Å²) in [6, 6.07) is 11.2. The molecule has 0 amide bonds. The van der Waals surface area contributed by atoms with E-state index in [4.69, 9.17) is 0 Å². The van der Waals surface area contributed by atoms with E-state index in [2.05, 4.69) is 34.2 Å². The van der Waals surface area contributed by atoms with Crippen molar-refractivity contribution in [2.75, 3.05) is 13.1 Å². The van der Waals surface area contributed by atoms with Crippen molar-refractivity contribution in [3.05, 3.63) is 63.9 Å². The summed E-state index contributed by atoms with van der Waals surface area (Å²) in [4.78, 5) is 5.31. The molecule has 1 N–H and O–H groups in total. The smallest absolute Gasteiger partial charge is 0.123 e. The summed E-state index contributed by atoms with van der Waals surface area (Å²) in [5.74, 6) is 0.207. The van der Waals surface area contributed by atoms with Crippen LogP contribution in [0.3, 0.4) is 0 Å². The van der Waals surface area contributed by atoms with Crippen LogP contribution in [-0.2, 0) is 6.54 Å². The molecule has 0 aliphatic carbocycles. The number of hydrogen-bond donors (Lipinski definition) is 1. The Balaban J connectivity index is 1.53. The molecule has 0 saturated carbocycles. The second-order valence-corrected chi connectivity index (χ2v) is 8.17. The number of aromatic nitrogens is 2.